The molecule has 0 radical (unpaired) electrons. The lowest BCUT2D eigenvalue weighted by Crippen LogP contribution is -2.35. The Morgan fingerprint density at radius 3 is 2.78 bits per heavy atom. The molecule has 2 bridgehead atoms. The van der Waals surface area contributed by atoms with Crippen LogP contribution >= 0.6 is 11.3 Å². The highest BCUT2D eigenvalue weighted by Gasteiger charge is 2.26. The van der Waals surface area contributed by atoms with Crippen LogP contribution in [-0.4, -0.2) is 63.5 Å². The Bertz CT molecular complexity index is 2310. The van der Waals surface area contributed by atoms with Crippen molar-refractivity contribution in [2.45, 2.75) is 19.4 Å². The average Bonchev–Trinajstić information content (AvgIpc) is 3.77. The number of ether oxygens (including phenoxy) is 3. The largest absolute Gasteiger partial charge is 0.492 e. The summed E-state index contributed by atoms with van der Waals surface area (Å²) in [6.45, 7) is 6.13. The third-order valence-corrected chi connectivity index (χ3v) is 10.1. The minimum atomic E-state index is -0.405. The molecule has 9 nitrogen and oxygen atoms in total. The van der Waals surface area contributed by atoms with Crippen molar-refractivity contribution in [3.8, 4) is 45.1 Å². The number of hydrogen-bond acceptors (Lipinski definition) is 8. The lowest BCUT2D eigenvalue weighted by molar-refractivity contribution is -0.126. The predicted molar refractivity (Wildman–Crippen MR) is 193 cm³/mol. The molecule has 2 aliphatic heterocycles. The molecule has 0 spiro atoms. The van der Waals surface area contributed by atoms with E-state index < -0.39 is 5.82 Å². The highest BCUT2D eigenvalue weighted by molar-refractivity contribution is 7.18. The molecule has 0 atom stereocenters. The number of amides is 1. The fourth-order valence-electron chi connectivity index (χ4n) is 6.65. The maximum Gasteiger partial charge on any atom is 0.246 e. The van der Waals surface area contributed by atoms with E-state index in [4.69, 9.17) is 24.2 Å². The zero-order chi connectivity index (χ0) is 34.2. The Kier molecular flexibility index (Phi) is 8.59. The summed E-state index contributed by atoms with van der Waals surface area (Å²) in [6.07, 6.45) is 10.4. The van der Waals surface area contributed by atoms with Gasteiger partial charge in [-0.1, -0.05) is 18.7 Å². The SMILES string of the molecule is C=CC(=O)N1CCc2ncc(-c3nc4c5ccsc5c3-c3ccc(F)cc3OCCOC/C=C/CCOc3cc5c(cnn5C)cc3-4)cc2C1. The van der Waals surface area contributed by atoms with Crippen molar-refractivity contribution in [3.63, 3.8) is 0 Å². The maximum absolute atomic E-state index is 14.8. The molecule has 6 heterocycles. The summed E-state index contributed by atoms with van der Waals surface area (Å²) >= 11 is 1.58. The lowest BCUT2D eigenvalue weighted by atomic mass is 9.94. The predicted octanol–water partition coefficient (Wildman–Crippen LogP) is 7.52. The summed E-state index contributed by atoms with van der Waals surface area (Å²) in [7, 11) is 1.91. The number of carbonyl (C=O) groups is 1. The fourth-order valence-corrected chi connectivity index (χ4v) is 7.61. The summed E-state index contributed by atoms with van der Waals surface area (Å²) in [4.78, 5) is 24.7. The number of fused-ring (bicyclic) bond motifs is 6. The van der Waals surface area contributed by atoms with E-state index in [1.54, 1.807) is 22.3 Å². The molecule has 4 aromatic heterocycles. The Balaban J connectivity index is 1.40. The van der Waals surface area contributed by atoms with Gasteiger partial charge in [-0.3, -0.25) is 14.5 Å². The van der Waals surface area contributed by atoms with Gasteiger partial charge in [-0.2, -0.15) is 5.10 Å². The molecular formula is C39H34FN5O4S. The molecule has 0 saturated carbocycles. The highest BCUT2D eigenvalue weighted by atomic mass is 32.1. The zero-order valence-corrected chi connectivity index (χ0v) is 28.3. The monoisotopic (exact) mass is 687 g/mol. The zero-order valence-electron chi connectivity index (χ0n) is 27.5. The van der Waals surface area contributed by atoms with Crippen molar-refractivity contribution in [3.05, 3.63) is 102 Å². The number of rotatable bonds is 2. The van der Waals surface area contributed by atoms with E-state index in [1.165, 1.54) is 18.2 Å². The van der Waals surface area contributed by atoms with Crippen LogP contribution in [0.4, 0.5) is 4.39 Å². The molecule has 0 aliphatic carbocycles. The summed E-state index contributed by atoms with van der Waals surface area (Å²) in [5.74, 6) is 0.564. The van der Waals surface area contributed by atoms with E-state index in [1.807, 2.05) is 47.7 Å². The first-order valence-corrected chi connectivity index (χ1v) is 17.4. The molecule has 6 aromatic rings. The number of halogens is 1. The van der Waals surface area contributed by atoms with Crippen LogP contribution < -0.4 is 9.47 Å². The molecular weight excluding hydrogens is 654 g/mol. The Hall–Kier alpha value is -5.39. The van der Waals surface area contributed by atoms with Crippen LogP contribution in [0.25, 0.3) is 54.6 Å². The number of hydrogen-bond donors (Lipinski definition) is 0. The van der Waals surface area contributed by atoms with Crippen molar-refractivity contribution < 1.29 is 23.4 Å². The van der Waals surface area contributed by atoms with Crippen molar-refractivity contribution in [2.75, 3.05) is 33.0 Å². The number of carbonyl (C=O) groups excluding carboxylic acids is 1. The molecule has 2 aromatic carbocycles. The first-order valence-electron chi connectivity index (χ1n) is 16.5. The molecule has 2 aliphatic rings. The lowest BCUT2D eigenvalue weighted by Gasteiger charge is -2.27. The maximum atomic E-state index is 14.8. The number of pyridine rings is 2. The Labute approximate surface area is 292 Å². The molecule has 1 amide bonds. The Morgan fingerprint density at radius 1 is 1.00 bits per heavy atom. The molecule has 252 valence electrons. The van der Waals surface area contributed by atoms with Crippen LogP contribution in [0.3, 0.4) is 0 Å². The highest BCUT2D eigenvalue weighted by Crippen LogP contribution is 2.48. The van der Waals surface area contributed by atoms with Crippen LogP contribution in [0.2, 0.25) is 0 Å². The smallest absolute Gasteiger partial charge is 0.246 e. The number of benzene rings is 2. The van der Waals surface area contributed by atoms with E-state index in [-0.39, 0.29) is 12.5 Å². The van der Waals surface area contributed by atoms with Crippen molar-refractivity contribution >= 4 is 38.2 Å². The number of nitrogens with zero attached hydrogens (tertiary/aromatic N) is 5. The van der Waals surface area contributed by atoms with Gasteiger partial charge < -0.3 is 19.1 Å². The molecule has 8 rings (SSSR count). The van der Waals surface area contributed by atoms with Crippen molar-refractivity contribution in [1.82, 2.24) is 24.6 Å². The summed E-state index contributed by atoms with van der Waals surface area (Å²) in [5.41, 5.74) is 7.35. The van der Waals surface area contributed by atoms with E-state index >= 15 is 0 Å². The van der Waals surface area contributed by atoms with Crippen LogP contribution in [0.5, 0.6) is 11.5 Å². The van der Waals surface area contributed by atoms with Gasteiger partial charge in [-0.05, 0) is 53.8 Å². The van der Waals surface area contributed by atoms with Crippen molar-refractivity contribution in [1.29, 1.82) is 0 Å². The van der Waals surface area contributed by atoms with Gasteiger partial charge in [0, 0.05) is 88.3 Å². The van der Waals surface area contributed by atoms with Gasteiger partial charge in [0.15, 0.2) is 0 Å². The van der Waals surface area contributed by atoms with Gasteiger partial charge >= 0.3 is 0 Å². The van der Waals surface area contributed by atoms with Gasteiger partial charge in [0.05, 0.1) is 42.9 Å². The molecule has 50 heavy (non-hydrogen) atoms. The topological polar surface area (TPSA) is 91.6 Å². The van der Waals surface area contributed by atoms with Crippen LogP contribution in [0, 0.1) is 5.82 Å². The third-order valence-electron chi connectivity index (χ3n) is 9.13. The second kappa shape index (κ2) is 13.5. The summed E-state index contributed by atoms with van der Waals surface area (Å²) < 4.78 is 36.1. The van der Waals surface area contributed by atoms with Crippen LogP contribution in [0.15, 0.2) is 85.0 Å². The van der Waals surface area contributed by atoms with Crippen molar-refractivity contribution in [2.24, 2.45) is 7.05 Å². The molecule has 0 fully saturated rings. The minimum absolute atomic E-state index is 0.118. The quantitative estimate of drug-likeness (QED) is 0.137. The number of aryl methyl sites for hydroxylation is 1. The fraction of sp³-hybridized carbons (Fsp3) is 0.231. The second-order valence-corrected chi connectivity index (χ2v) is 13.2. The average molecular weight is 688 g/mol. The normalized spacial score (nSPS) is 15.7. The summed E-state index contributed by atoms with van der Waals surface area (Å²) in [6, 6.07) is 12.8. The molecule has 0 N–H and O–H groups in total. The first-order chi connectivity index (χ1) is 24.5. The first kappa shape index (κ1) is 31.9. The number of aromatic nitrogens is 4. The third kappa shape index (κ3) is 5.92. The van der Waals surface area contributed by atoms with Gasteiger partial charge in [0.1, 0.15) is 23.9 Å². The van der Waals surface area contributed by atoms with Gasteiger partial charge in [0.2, 0.25) is 5.91 Å². The molecule has 0 unspecified atom stereocenters. The van der Waals surface area contributed by atoms with Gasteiger partial charge in [0.25, 0.3) is 0 Å². The molecule has 11 heteroatoms. The van der Waals surface area contributed by atoms with Crippen LogP contribution in [-0.2, 0) is 29.5 Å². The summed E-state index contributed by atoms with van der Waals surface area (Å²) in [5, 5.41) is 8.43. The standard InChI is InChI=1S/C39H34FN5O4S/c1-3-35(46)45-11-9-31-26(23-45)17-25(21-41-31)37-36-28-8-7-27(40)19-33(28)49-15-14-47-12-5-4-6-13-48-34-20-32-24(22-42-44(32)2)18-30(34)38(43-37)29-10-16-50-39(29)36/h3-5,7-8,10,16-22H,1,6,9,11-15,23H2,2H3/b5-4+. The van der Waals surface area contributed by atoms with Crippen LogP contribution in [0.1, 0.15) is 17.7 Å². The molecule has 0 saturated heterocycles. The van der Waals surface area contributed by atoms with E-state index in [2.05, 4.69) is 29.9 Å². The number of thiophene rings is 1. The minimum Gasteiger partial charge on any atom is -0.492 e. The van der Waals surface area contributed by atoms with E-state index in [9.17, 15) is 9.18 Å². The van der Waals surface area contributed by atoms with E-state index in [0.717, 1.165) is 54.6 Å². The second-order valence-electron chi connectivity index (χ2n) is 12.2. The van der Waals surface area contributed by atoms with Gasteiger partial charge in [-0.15, -0.1) is 11.3 Å². The van der Waals surface area contributed by atoms with Gasteiger partial charge in [-0.25, -0.2) is 9.37 Å². The Morgan fingerprint density at radius 2 is 1.88 bits per heavy atom. The van der Waals surface area contributed by atoms with E-state index in [0.29, 0.717) is 68.5 Å².